The number of nitrogens with one attached hydrogen (secondary N) is 3. The van der Waals surface area contributed by atoms with Crippen molar-refractivity contribution in [1.82, 2.24) is 16.0 Å². The van der Waals surface area contributed by atoms with Crippen LogP contribution in [-0.2, 0) is 24.0 Å². The smallest absolute Gasteiger partial charge is 0.326 e. The number of hydrogen-bond donors (Lipinski definition) is 6. The summed E-state index contributed by atoms with van der Waals surface area (Å²) in [5.41, 5.74) is 5.71. The topological polar surface area (TPSA) is 188 Å². The summed E-state index contributed by atoms with van der Waals surface area (Å²) in [5, 5.41) is 25.7. The molecule has 0 heterocycles. The Morgan fingerprint density at radius 1 is 0.750 bits per heavy atom. The fourth-order valence-corrected chi connectivity index (χ4v) is 2.94. The zero-order valence-corrected chi connectivity index (χ0v) is 19.7. The van der Waals surface area contributed by atoms with Crippen LogP contribution in [0.25, 0.3) is 0 Å². The predicted molar refractivity (Wildman–Crippen MR) is 117 cm³/mol. The molecule has 11 heteroatoms. The third-order valence-corrected chi connectivity index (χ3v) is 4.82. The maximum absolute atomic E-state index is 12.9. The molecule has 0 fully saturated rings. The number of aliphatic carboxylic acids is 2. The van der Waals surface area contributed by atoms with E-state index in [0.29, 0.717) is 0 Å². The minimum atomic E-state index is -1.16. The minimum absolute atomic E-state index is 0.0364. The van der Waals surface area contributed by atoms with Gasteiger partial charge in [0.05, 0.1) is 6.04 Å². The molecule has 4 unspecified atom stereocenters. The largest absolute Gasteiger partial charge is 0.481 e. The molecule has 0 bridgehead atoms. The van der Waals surface area contributed by atoms with Crippen LogP contribution in [0.2, 0.25) is 0 Å². The zero-order valence-electron chi connectivity index (χ0n) is 19.7. The number of nitrogens with two attached hydrogens (primary N) is 1. The maximum Gasteiger partial charge on any atom is 0.326 e. The lowest BCUT2D eigenvalue weighted by Gasteiger charge is -2.28. The Morgan fingerprint density at radius 2 is 1.19 bits per heavy atom. The van der Waals surface area contributed by atoms with E-state index in [9.17, 15) is 29.1 Å². The summed E-state index contributed by atoms with van der Waals surface area (Å²) in [6.45, 7) is 10.5. The first-order valence-corrected chi connectivity index (χ1v) is 10.8. The van der Waals surface area contributed by atoms with Crippen LogP contribution in [0.1, 0.15) is 60.8 Å². The second-order valence-corrected chi connectivity index (χ2v) is 9.03. The van der Waals surface area contributed by atoms with Crippen LogP contribution in [-0.4, -0.2) is 64.0 Å². The van der Waals surface area contributed by atoms with Gasteiger partial charge < -0.3 is 31.9 Å². The van der Waals surface area contributed by atoms with Gasteiger partial charge in [0, 0.05) is 6.42 Å². The Morgan fingerprint density at radius 3 is 1.56 bits per heavy atom. The first-order valence-electron chi connectivity index (χ1n) is 10.8. The van der Waals surface area contributed by atoms with Gasteiger partial charge in [0.1, 0.15) is 18.1 Å². The highest BCUT2D eigenvalue weighted by atomic mass is 16.4. The lowest BCUT2D eigenvalue weighted by Crippen LogP contribution is -2.59. The zero-order chi connectivity index (χ0) is 25.2. The van der Waals surface area contributed by atoms with E-state index in [4.69, 9.17) is 10.8 Å². The number of rotatable bonds is 14. The minimum Gasteiger partial charge on any atom is -0.481 e. The summed E-state index contributed by atoms with van der Waals surface area (Å²) in [6, 6.07) is -4.22. The van der Waals surface area contributed by atoms with Gasteiger partial charge in [-0.2, -0.15) is 0 Å². The van der Waals surface area contributed by atoms with Crippen molar-refractivity contribution in [1.29, 1.82) is 0 Å². The van der Waals surface area contributed by atoms with Crippen molar-refractivity contribution in [3.05, 3.63) is 0 Å². The average molecular weight is 459 g/mol. The second-order valence-electron chi connectivity index (χ2n) is 9.03. The molecule has 11 nitrogen and oxygen atoms in total. The molecule has 0 saturated heterocycles. The molecule has 0 aliphatic heterocycles. The van der Waals surface area contributed by atoms with E-state index < -0.39 is 53.8 Å². The van der Waals surface area contributed by atoms with Crippen molar-refractivity contribution < 1.29 is 34.2 Å². The van der Waals surface area contributed by atoms with Crippen LogP contribution in [0.3, 0.4) is 0 Å². The summed E-state index contributed by atoms with van der Waals surface area (Å²) >= 11 is 0. The number of carbonyl (C=O) groups excluding carboxylic acids is 3. The molecule has 7 N–H and O–H groups in total. The first-order chi connectivity index (χ1) is 14.7. The molecule has 0 aromatic rings. The van der Waals surface area contributed by atoms with E-state index in [1.165, 1.54) is 0 Å². The fourth-order valence-electron chi connectivity index (χ4n) is 2.94. The molecule has 0 aromatic carbocycles. The van der Waals surface area contributed by atoms with E-state index in [1.807, 2.05) is 13.8 Å². The summed E-state index contributed by atoms with van der Waals surface area (Å²) < 4.78 is 0. The van der Waals surface area contributed by atoms with Crippen molar-refractivity contribution in [2.45, 2.75) is 85.0 Å². The molecule has 3 amide bonds. The quantitative estimate of drug-likeness (QED) is 0.211. The molecule has 4 atom stereocenters. The van der Waals surface area contributed by atoms with E-state index in [0.717, 1.165) is 0 Å². The Hall–Kier alpha value is -2.69. The third-order valence-electron chi connectivity index (χ3n) is 4.82. The van der Waals surface area contributed by atoms with Crippen molar-refractivity contribution in [3.8, 4) is 0 Å². The van der Waals surface area contributed by atoms with Gasteiger partial charge in [0.15, 0.2) is 0 Å². The summed E-state index contributed by atoms with van der Waals surface area (Å²) in [4.78, 5) is 60.0. The van der Waals surface area contributed by atoms with Crippen molar-refractivity contribution in [2.75, 3.05) is 0 Å². The molecule has 0 aliphatic carbocycles. The van der Waals surface area contributed by atoms with Crippen LogP contribution in [0.4, 0.5) is 0 Å². The van der Waals surface area contributed by atoms with E-state index in [2.05, 4.69) is 16.0 Å². The molecule has 32 heavy (non-hydrogen) atoms. The SMILES string of the molecule is CC(C)CC(NC(=O)C(NC(=O)C(NC(=O)C(N)CCC(=O)O)C(C)C)C(C)C)C(=O)O. The lowest BCUT2D eigenvalue weighted by molar-refractivity contribution is -0.143. The Kier molecular flexibility index (Phi) is 12.5. The van der Waals surface area contributed by atoms with Crippen LogP contribution in [0.5, 0.6) is 0 Å². The van der Waals surface area contributed by atoms with Crippen molar-refractivity contribution in [2.24, 2.45) is 23.5 Å². The molecule has 0 rings (SSSR count). The summed E-state index contributed by atoms with van der Waals surface area (Å²) in [5.74, 6) is -4.85. The highest BCUT2D eigenvalue weighted by Gasteiger charge is 2.33. The molecular weight excluding hydrogens is 420 g/mol. The number of carboxylic acids is 2. The molecule has 0 saturated carbocycles. The lowest BCUT2D eigenvalue weighted by atomic mass is 9.98. The van der Waals surface area contributed by atoms with Gasteiger partial charge in [-0.05, 0) is 30.6 Å². The van der Waals surface area contributed by atoms with Crippen molar-refractivity contribution in [3.63, 3.8) is 0 Å². The molecule has 0 aliphatic rings. The normalized spacial score (nSPS) is 15.1. The molecule has 0 aromatic heterocycles. The standard InChI is InChI=1S/C21H38N4O7/c1-10(2)9-14(21(31)32)23-19(29)16(11(3)4)25-20(30)17(12(5)6)24-18(28)13(22)7-8-15(26)27/h10-14,16-17H,7-9,22H2,1-6H3,(H,23,29)(H,24,28)(H,25,30)(H,26,27)(H,31,32). The summed E-state index contributed by atoms with van der Waals surface area (Å²) in [7, 11) is 0. The first kappa shape index (κ1) is 29.3. The fraction of sp³-hybridized carbons (Fsp3) is 0.762. The van der Waals surface area contributed by atoms with Crippen molar-refractivity contribution >= 4 is 29.7 Å². The van der Waals surface area contributed by atoms with E-state index in [1.54, 1.807) is 27.7 Å². The van der Waals surface area contributed by atoms with Crippen LogP contribution < -0.4 is 21.7 Å². The highest BCUT2D eigenvalue weighted by molar-refractivity contribution is 5.94. The average Bonchev–Trinajstić information content (AvgIpc) is 2.66. The van der Waals surface area contributed by atoms with Crippen LogP contribution in [0.15, 0.2) is 0 Å². The van der Waals surface area contributed by atoms with Crippen LogP contribution >= 0.6 is 0 Å². The van der Waals surface area contributed by atoms with E-state index >= 15 is 0 Å². The van der Waals surface area contributed by atoms with Gasteiger partial charge in [-0.1, -0.05) is 41.5 Å². The Balaban J connectivity index is 5.31. The Labute approximate surface area is 188 Å². The molecule has 0 radical (unpaired) electrons. The van der Waals surface area contributed by atoms with Crippen LogP contribution in [0, 0.1) is 17.8 Å². The number of carbonyl (C=O) groups is 5. The van der Waals surface area contributed by atoms with Gasteiger partial charge in [-0.15, -0.1) is 0 Å². The number of hydrogen-bond acceptors (Lipinski definition) is 6. The van der Waals surface area contributed by atoms with Gasteiger partial charge in [0.25, 0.3) is 0 Å². The molecule has 0 spiro atoms. The van der Waals surface area contributed by atoms with Gasteiger partial charge >= 0.3 is 11.9 Å². The second kappa shape index (κ2) is 13.7. The van der Waals surface area contributed by atoms with Gasteiger partial charge in [0.2, 0.25) is 17.7 Å². The predicted octanol–water partition coefficient (Wildman–Crippen LogP) is 0.0756. The van der Waals surface area contributed by atoms with Gasteiger partial charge in [-0.3, -0.25) is 19.2 Å². The Bertz CT molecular complexity index is 679. The molecular formula is C21H38N4O7. The van der Waals surface area contributed by atoms with E-state index in [-0.39, 0.29) is 37.0 Å². The third kappa shape index (κ3) is 10.6. The highest BCUT2D eigenvalue weighted by Crippen LogP contribution is 2.10. The van der Waals surface area contributed by atoms with Gasteiger partial charge in [-0.25, -0.2) is 4.79 Å². The maximum atomic E-state index is 12.9. The monoisotopic (exact) mass is 458 g/mol. The number of carboxylic acid groups (broad SMARTS) is 2. The molecule has 184 valence electrons. The summed E-state index contributed by atoms with van der Waals surface area (Å²) in [6.07, 6.45) is -0.139. The number of amides is 3.